The fourth-order valence-corrected chi connectivity index (χ4v) is 1.11. The maximum absolute atomic E-state index is 8.24. The van der Waals surface area contributed by atoms with Crippen molar-refractivity contribution in [2.45, 2.75) is 0 Å². The van der Waals surface area contributed by atoms with Crippen molar-refractivity contribution in [3.8, 4) is 11.5 Å². The third-order valence-corrected chi connectivity index (χ3v) is 1.72. The van der Waals surface area contributed by atoms with Gasteiger partial charge >= 0.3 is 29.6 Å². The molecule has 0 aromatic heterocycles. The summed E-state index contributed by atoms with van der Waals surface area (Å²) in [7, 11) is 0. The smallest absolute Gasteiger partial charge is 0.665 e. The molecule has 0 radical (unpaired) electrons. The second-order valence-corrected chi connectivity index (χ2v) is 2.82. The Kier molecular flexibility index (Phi) is 9.15. The van der Waals surface area contributed by atoms with Crippen LogP contribution in [0.4, 0.5) is 0 Å². The van der Waals surface area contributed by atoms with Crippen LogP contribution in [-0.4, -0.2) is 11.6 Å². The van der Waals surface area contributed by atoms with Gasteiger partial charge in [0.2, 0.25) is 0 Å². The zero-order chi connectivity index (χ0) is 11.6. The van der Waals surface area contributed by atoms with Crippen molar-refractivity contribution < 1.29 is 44.2 Å². The molecule has 0 fully saturated rings. The summed E-state index contributed by atoms with van der Waals surface area (Å²) in [5.74, 6) is 1.74. The van der Waals surface area contributed by atoms with Gasteiger partial charge in [0.15, 0.2) is 0 Å². The maximum Gasteiger partial charge on any atom is 1.00 e. The van der Waals surface area contributed by atoms with Gasteiger partial charge in [-0.05, 0) is 24.3 Å². The summed E-state index contributed by atoms with van der Waals surface area (Å²) >= 11 is 0. The SMILES string of the molecule is O=[C-]O.[Na+].c1ccc(Oc2ccccc2)cc1. The molecule has 0 aliphatic heterocycles. The molecule has 0 bridgehead atoms. The van der Waals surface area contributed by atoms with E-state index in [1.807, 2.05) is 60.7 Å². The van der Waals surface area contributed by atoms with E-state index in [4.69, 9.17) is 14.6 Å². The van der Waals surface area contributed by atoms with Gasteiger partial charge in [0, 0.05) is 0 Å². The third-order valence-electron chi connectivity index (χ3n) is 1.72. The summed E-state index contributed by atoms with van der Waals surface area (Å²) < 4.78 is 5.58. The minimum atomic E-state index is 0. The van der Waals surface area contributed by atoms with Crippen molar-refractivity contribution in [2.75, 3.05) is 0 Å². The topological polar surface area (TPSA) is 46.5 Å². The van der Waals surface area contributed by atoms with Gasteiger partial charge in [-0.15, -0.1) is 0 Å². The van der Waals surface area contributed by atoms with E-state index in [2.05, 4.69) is 0 Å². The van der Waals surface area contributed by atoms with Crippen LogP contribution in [0.25, 0.3) is 0 Å². The summed E-state index contributed by atoms with van der Waals surface area (Å²) in [6.07, 6.45) is 0. The minimum Gasteiger partial charge on any atom is -0.665 e. The largest absolute Gasteiger partial charge is 1.00 e. The Morgan fingerprint density at radius 1 is 0.824 bits per heavy atom. The second kappa shape index (κ2) is 9.90. The zero-order valence-corrected chi connectivity index (χ0v) is 11.5. The molecular formula is C13H11NaO3. The molecule has 0 spiro atoms. The molecular weight excluding hydrogens is 227 g/mol. The summed E-state index contributed by atoms with van der Waals surface area (Å²) in [6, 6.07) is 19.5. The molecule has 2 aromatic carbocycles. The van der Waals surface area contributed by atoms with E-state index in [1.54, 1.807) is 0 Å². The number of hydrogen-bond donors (Lipinski definition) is 1. The predicted molar refractivity (Wildman–Crippen MR) is 61.3 cm³/mol. The molecule has 0 saturated carbocycles. The quantitative estimate of drug-likeness (QED) is 0.596. The molecule has 4 heteroatoms. The monoisotopic (exact) mass is 238 g/mol. The van der Waals surface area contributed by atoms with Crippen molar-refractivity contribution in [2.24, 2.45) is 0 Å². The molecule has 17 heavy (non-hydrogen) atoms. The Balaban J connectivity index is 0.000000583. The van der Waals surface area contributed by atoms with Crippen molar-refractivity contribution >= 4 is 6.47 Å². The van der Waals surface area contributed by atoms with Crippen molar-refractivity contribution in [1.29, 1.82) is 0 Å². The van der Waals surface area contributed by atoms with Crippen LogP contribution in [-0.2, 0) is 4.79 Å². The van der Waals surface area contributed by atoms with Crippen LogP contribution in [0.15, 0.2) is 60.7 Å². The van der Waals surface area contributed by atoms with Gasteiger partial charge in [-0.1, -0.05) is 42.9 Å². The molecule has 0 atom stereocenters. The first-order valence-corrected chi connectivity index (χ1v) is 4.66. The Bertz CT molecular complexity index is 366. The molecule has 82 valence electrons. The molecule has 0 aliphatic rings. The van der Waals surface area contributed by atoms with Gasteiger partial charge in [-0.3, -0.25) is 0 Å². The molecule has 0 aliphatic carbocycles. The van der Waals surface area contributed by atoms with Crippen molar-refractivity contribution in [3.05, 3.63) is 60.7 Å². The van der Waals surface area contributed by atoms with E-state index in [1.165, 1.54) is 0 Å². The van der Waals surface area contributed by atoms with Gasteiger partial charge in [-0.25, -0.2) is 0 Å². The van der Waals surface area contributed by atoms with E-state index in [9.17, 15) is 0 Å². The number of ether oxygens (including phenoxy) is 1. The normalized spacial score (nSPS) is 8.00. The summed E-state index contributed by atoms with van der Waals surface area (Å²) in [5.41, 5.74) is 0. The van der Waals surface area contributed by atoms with Crippen LogP contribution in [0.2, 0.25) is 0 Å². The van der Waals surface area contributed by atoms with Crippen LogP contribution in [0.5, 0.6) is 11.5 Å². The van der Waals surface area contributed by atoms with E-state index < -0.39 is 0 Å². The molecule has 2 aromatic rings. The number of benzene rings is 2. The van der Waals surface area contributed by atoms with E-state index in [-0.39, 0.29) is 29.6 Å². The minimum absolute atomic E-state index is 0. The third kappa shape index (κ3) is 6.79. The van der Waals surface area contributed by atoms with Gasteiger partial charge in [0.05, 0.1) is 0 Å². The molecule has 0 amide bonds. The zero-order valence-electron chi connectivity index (χ0n) is 9.54. The maximum atomic E-state index is 8.24. The van der Waals surface area contributed by atoms with E-state index >= 15 is 0 Å². The Morgan fingerprint density at radius 2 is 1.12 bits per heavy atom. The van der Waals surface area contributed by atoms with E-state index in [0.717, 1.165) is 11.5 Å². The van der Waals surface area contributed by atoms with Gasteiger partial charge < -0.3 is 14.6 Å². The first-order chi connectivity index (χ1) is 7.86. The second-order valence-electron chi connectivity index (χ2n) is 2.82. The summed E-state index contributed by atoms with van der Waals surface area (Å²) in [4.78, 5) is 8.24. The van der Waals surface area contributed by atoms with E-state index in [0.29, 0.717) is 6.47 Å². The van der Waals surface area contributed by atoms with Gasteiger partial charge in [0.1, 0.15) is 11.5 Å². The standard InChI is InChI=1S/C12H10O.CHO2.Na/c1-3-7-11(8-4-1)13-12-9-5-2-6-10-12;2-1-3;/h1-10H;(H,2,3);/q;-1;+1. The number of hydrogen-bond acceptors (Lipinski definition) is 2. The Labute approximate surface area is 122 Å². The molecule has 0 unspecified atom stereocenters. The summed E-state index contributed by atoms with van der Waals surface area (Å²) in [6.45, 7) is 0.500. The molecule has 0 heterocycles. The van der Waals surface area contributed by atoms with Crippen LogP contribution in [0.1, 0.15) is 0 Å². The summed E-state index contributed by atoms with van der Waals surface area (Å²) in [5, 5.41) is 6.76. The Hall–Kier alpha value is -1.29. The fraction of sp³-hybridized carbons (Fsp3) is 0. The fourth-order valence-electron chi connectivity index (χ4n) is 1.11. The predicted octanol–water partition coefficient (Wildman–Crippen LogP) is 0.0945. The van der Waals surface area contributed by atoms with Gasteiger partial charge in [0.25, 0.3) is 0 Å². The van der Waals surface area contributed by atoms with Crippen LogP contribution in [0, 0.1) is 0 Å². The first-order valence-electron chi connectivity index (χ1n) is 4.66. The van der Waals surface area contributed by atoms with Crippen LogP contribution < -0.4 is 34.3 Å². The molecule has 1 N–H and O–H groups in total. The number of rotatable bonds is 2. The van der Waals surface area contributed by atoms with Gasteiger partial charge in [-0.2, -0.15) is 0 Å². The van der Waals surface area contributed by atoms with Crippen molar-refractivity contribution in [3.63, 3.8) is 0 Å². The number of aliphatic hydroxyl groups excluding tert-OH is 1. The average Bonchev–Trinajstić information content (AvgIpc) is 2.33. The van der Waals surface area contributed by atoms with Crippen LogP contribution in [0.3, 0.4) is 0 Å². The average molecular weight is 238 g/mol. The molecule has 2 rings (SSSR count). The Morgan fingerprint density at radius 3 is 1.41 bits per heavy atom. The number of para-hydroxylation sites is 2. The molecule has 0 saturated heterocycles. The van der Waals surface area contributed by atoms with Crippen molar-refractivity contribution in [1.82, 2.24) is 0 Å². The first kappa shape index (κ1) is 15.7. The molecule has 3 nitrogen and oxygen atoms in total. The van der Waals surface area contributed by atoms with Crippen LogP contribution >= 0.6 is 0 Å².